The van der Waals surface area contributed by atoms with Crippen LogP contribution in [0.4, 0.5) is 0 Å². The van der Waals surface area contributed by atoms with Gasteiger partial charge in [-0.3, -0.25) is 0 Å². The molecule has 0 saturated carbocycles. The van der Waals surface area contributed by atoms with Gasteiger partial charge in [0.1, 0.15) is 0 Å². The summed E-state index contributed by atoms with van der Waals surface area (Å²) in [4.78, 5) is 4.05. The lowest BCUT2D eigenvalue weighted by atomic mass is 9.86. The normalized spacial score (nSPS) is 14.3. The van der Waals surface area contributed by atoms with Crippen LogP contribution in [0.2, 0.25) is 0 Å². The van der Waals surface area contributed by atoms with Gasteiger partial charge >= 0.3 is 0 Å². The third kappa shape index (κ3) is 3.14. The van der Waals surface area contributed by atoms with E-state index >= 15 is 0 Å². The first-order chi connectivity index (χ1) is 6.54. The first-order valence-corrected chi connectivity index (χ1v) is 5.23. The van der Waals surface area contributed by atoms with Crippen LogP contribution in [0.3, 0.4) is 0 Å². The Hall–Kier alpha value is -0.830. The Morgan fingerprint density at radius 1 is 1.43 bits per heavy atom. The summed E-state index contributed by atoms with van der Waals surface area (Å²) in [5.74, 6) is 0. The number of likely N-dealkylation sites (N-methyl/N-ethyl adjacent to an activating group) is 1. The standard InChI is InChI=1S/C11H21N3/c1-5-13-10(11(2,3)4)8-14-7-6-12-9-14/h6-7,9-10,13H,5,8H2,1-4H3. The summed E-state index contributed by atoms with van der Waals surface area (Å²) in [5, 5.41) is 3.51. The van der Waals surface area contributed by atoms with Crippen LogP contribution in [0, 0.1) is 5.41 Å². The average Bonchev–Trinajstić information content (AvgIpc) is 2.54. The molecular formula is C11H21N3. The predicted octanol–water partition coefficient (Wildman–Crippen LogP) is 1.91. The van der Waals surface area contributed by atoms with Gasteiger partial charge in [-0.25, -0.2) is 4.98 Å². The zero-order valence-electron chi connectivity index (χ0n) is 9.62. The van der Waals surface area contributed by atoms with E-state index in [2.05, 4.69) is 42.6 Å². The van der Waals surface area contributed by atoms with E-state index in [1.165, 1.54) is 0 Å². The summed E-state index contributed by atoms with van der Waals surface area (Å²) in [6.07, 6.45) is 5.71. The second kappa shape index (κ2) is 4.60. The van der Waals surface area contributed by atoms with Crippen LogP contribution in [0.25, 0.3) is 0 Å². The van der Waals surface area contributed by atoms with E-state index in [1.807, 2.05) is 18.7 Å². The van der Waals surface area contributed by atoms with Crippen molar-refractivity contribution in [3.8, 4) is 0 Å². The Bertz CT molecular complexity index is 246. The van der Waals surface area contributed by atoms with E-state index in [-0.39, 0.29) is 5.41 Å². The maximum absolute atomic E-state index is 4.05. The van der Waals surface area contributed by atoms with Crippen LogP contribution >= 0.6 is 0 Å². The van der Waals surface area contributed by atoms with Crippen molar-refractivity contribution in [1.29, 1.82) is 0 Å². The highest BCUT2D eigenvalue weighted by Gasteiger charge is 2.23. The summed E-state index contributed by atoms with van der Waals surface area (Å²) < 4.78 is 2.12. The van der Waals surface area contributed by atoms with Crippen LogP contribution < -0.4 is 5.32 Å². The van der Waals surface area contributed by atoms with Crippen molar-refractivity contribution in [3.05, 3.63) is 18.7 Å². The summed E-state index contributed by atoms with van der Waals surface area (Å²) in [6, 6.07) is 0.488. The highest BCUT2D eigenvalue weighted by Crippen LogP contribution is 2.20. The first kappa shape index (κ1) is 11.2. The molecule has 0 spiro atoms. The van der Waals surface area contributed by atoms with Gasteiger partial charge in [0.05, 0.1) is 6.33 Å². The van der Waals surface area contributed by atoms with Gasteiger partial charge in [-0.15, -0.1) is 0 Å². The molecule has 0 amide bonds. The molecule has 0 saturated heterocycles. The maximum Gasteiger partial charge on any atom is 0.0946 e. The van der Waals surface area contributed by atoms with Crippen molar-refractivity contribution in [2.24, 2.45) is 5.41 Å². The first-order valence-electron chi connectivity index (χ1n) is 5.23. The minimum Gasteiger partial charge on any atom is -0.336 e. The minimum absolute atomic E-state index is 0.278. The third-order valence-corrected chi connectivity index (χ3v) is 2.45. The van der Waals surface area contributed by atoms with Gasteiger partial charge in [-0.2, -0.15) is 0 Å². The molecule has 1 heterocycles. The highest BCUT2D eigenvalue weighted by atomic mass is 15.1. The average molecular weight is 195 g/mol. The van der Waals surface area contributed by atoms with Crippen LogP contribution in [0.15, 0.2) is 18.7 Å². The molecule has 1 aromatic heterocycles. The van der Waals surface area contributed by atoms with Gasteiger partial charge in [-0.1, -0.05) is 27.7 Å². The fourth-order valence-corrected chi connectivity index (χ4v) is 1.50. The monoisotopic (exact) mass is 195 g/mol. The van der Waals surface area contributed by atoms with Crippen LogP contribution in [-0.4, -0.2) is 22.1 Å². The molecule has 3 nitrogen and oxygen atoms in total. The van der Waals surface area contributed by atoms with Crippen molar-refractivity contribution in [2.75, 3.05) is 6.54 Å². The molecule has 0 bridgehead atoms. The predicted molar refractivity (Wildman–Crippen MR) is 59.1 cm³/mol. The molecule has 0 fully saturated rings. The lowest BCUT2D eigenvalue weighted by molar-refractivity contribution is 0.245. The molecule has 1 aromatic rings. The van der Waals surface area contributed by atoms with Crippen molar-refractivity contribution in [2.45, 2.75) is 40.3 Å². The zero-order valence-corrected chi connectivity index (χ0v) is 9.62. The van der Waals surface area contributed by atoms with E-state index in [1.54, 1.807) is 0 Å². The maximum atomic E-state index is 4.05. The number of nitrogens with zero attached hydrogens (tertiary/aromatic N) is 2. The molecule has 1 N–H and O–H groups in total. The van der Waals surface area contributed by atoms with E-state index < -0.39 is 0 Å². The van der Waals surface area contributed by atoms with Gasteiger partial charge in [0.15, 0.2) is 0 Å². The van der Waals surface area contributed by atoms with Crippen molar-refractivity contribution >= 4 is 0 Å². The molecule has 80 valence electrons. The smallest absolute Gasteiger partial charge is 0.0946 e. The fraction of sp³-hybridized carbons (Fsp3) is 0.727. The lowest BCUT2D eigenvalue weighted by Gasteiger charge is -2.31. The highest BCUT2D eigenvalue weighted by molar-refractivity contribution is 4.84. The Morgan fingerprint density at radius 2 is 2.14 bits per heavy atom. The Balaban J connectivity index is 2.60. The molecular weight excluding hydrogens is 174 g/mol. The van der Waals surface area contributed by atoms with E-state index in [9.17, 15) is 0 Å². The van der Waals surface area contributed by atoms with Gasteiger partial charge in [0.2, 0.25) is 0 Å². The Morgan fingerprint density at radius 3 is 2.57 bits per heavy atom. The Kier molecular flexibility index (Phi) is 3.69. The number of imidazole rings is 1. The number of rotatable bonds is 4. The minimum atomic E-state index is 0.278. The quantitative estimate of drug-likeness (QED) is 0.795. The molecule has 14 heavy (non-hydrogen) atoms. The fourth-order valence-electron chi connectivity index (χ4n) is 1.50. The number of hydrogen-bond donors (Lipinski definition) is 1. The molecule has 0 aromatic carbocycles. The zero-order chi connectivity index (χ0) is 10.6. The van der Waals surface area contributed by atoms with Crippen molar-refractivity contribution in [1.82, 2.24) is 14.9 Å². The topological polar surface area (TPSA) is 29.9 Å². The summed E-state index contributed by atoms with van der Waals surface area (Å²) in [6.45, 7) is 10.9. The summed E-state index contributed by atoms with van der Waals surface area (Å²) in [5.41, 5.74) is 0.278. The molecule has 0 aliphatic carbocycles. The Labute approximate surface area is 86.5 Å². The molecule has 0 aliphatic heterocycles. The number of hydrogen-bond acceptors (Lipinski definition) is 2. The van der Waals surface area contributed by atoms with Gasteiger partial charge in [-0.05, 0) is 12.0 Å². The van der Waals surface area contributed by atoms with Crippen molar-refractivity contribution < 1.29 is 0 Å². The van der Waals surface area contributed by atoms with Gasteiger partial charge in [0.25, 0.3) is 0 Å². The molecule has 0 aliphatic rings. The number of aromatic nitrogens is 2. The van der Waals surface area contributed by atoms with E-state index in [4.69, 9.17) is 0 Å². The molecule has 1 unspecified atom stereocenters. The van der Waals surface area contributed by atoms with Crippen molar-refractivity contribution in [3.63, 3.8) is 0 Å². The molecule has 1 rings (SSSR count). The van der Waals surface area contributed by atoms with Crippen LogP contribution in [0.1, 0.15) is 27.7 Å². The van der Waals surface area contributed by atoms with E-state index in [0.717, 1.165) is 13.1 Å². The molecule has 0 radical (unpaired) electrons. The second-order valence-electron chi connectivity index (χ2n) is 4.74. The lowest BCUT2D eigenvalue weighted by Crippen LogP contribution is -2.43. The second-order valence-corrected chi connectivity index (χ2v) is 4.74. The van der Waals surface area contributed by atoms with Crippen LogP contribution in [0.5, 0.6) is 0 Å². The largest absolute Gasteiger partial charge is 0.336 e. The SMILES string of the molecule is CCNC(Cn1ccnc1)C(C)(C)C. The third-order valence-electron chi connectivity index (χ3n) is 2.45. The number of nitrogens with one attached hydrogen (secondary N) is 1. The van der Waals surface area contributed by atoms with Gasteiger partial charge in [0, 0.05) is 25.0 Å². The summed E-state index contributed by atoms with van der Waals surface area (Å²) >= 11 is 0. The van der Waals surface area contributed by atoms with E-state index in [0.29, 0.717) is 6.04 Å². The summed E-state index contributed by atoms with van der Waals surface area (Å²) in [7, 11) is 0. The van der Waals surface area contributed by atoms with Gasteiger partial charge < -0.3 is 9.88 Å². The molecule has 3 heteroatoms. The van der Waals surface area contributed by atoms with Crippen LogP contribution in [-0.2, 0) is 6.54 Å². The molecule has 1 atom stereocenters.